The molecule has 1 saturated heterocycles. The van der Waals surface area contributed by atoms with Crippen molar-refractivity contribution in [2.75, 3.05) is 11.5 Å². The van der Waals surface area contributed by atoms with Crippen LogP contribution in [0.1, 0.15) is 19.8 Å². The molecule has 0 spiro atoms. The number of carbonyl (C=O) groups excluding carboxylic acids is 1. The normalized spacial score (nSPS) is 22.0. The highest BCUT2D eigenvalue weighted by Crippen LogP contribution is 2.46. The molecular weight excluding hydrogens is 200 g/mol. The minimum Gasteiger partial charge on any atom is -0.281 e. The number of halogens is 1. The zero-order chi connectivity index (χ0) is 8.32. The predicted molar refractivity (Wildman–Crippen MR) is 53.4 cm³/mol. The molecular formula is C7H11ClOS2. The van der Waals surface area contributed by atoms with Crippen molar-refractivity contribution < 1.29 is 4.79 Å². The highest BCUT2D eigenvalue weighted by molar-refractivity contribution is 8.21. The fourth-order valence-electron chi connectivity index (χ4n) is 1.03. The Kier molecular flexibility index (Phi) is 3.59. The van der Waals surface area contributed by atoms with E-state index in [1.165, 1.54) is 11.5 Å². The molecule has 0 atom stereocenters. The number of hydrogen-bond donors (Lipinski definition) is 0. The highest BCUT2D eigenvalue weighted by Gasteiger charge is 2.30. The molecule has 0 unspecified atom stereocenters. The van der Waals surface area contributed by atoms with Crippen LogP contribution in [0.25, 0.3) is 0 Å². The quantitative estimate of drug-likeness (QED) is 0.667. The van der Waals surface area contributed by atoms with E-state index in [9.17, 15) is 4.79 Å². The van der Waals surface area contributed by atoms with E-state index < -0.39 is 0 Å². The Labute approximate surface area is 80.6 Å². The highest BCUT2D eigenvalue weighted by atomic mass is 35.5. The summed E-state index contributed by atoms with van der Waals surface area (Å²) >= 11 is 9.14. The van der Waals surface area contributed by atoms with Crippen LogP contribution >= 0.6 is 35.1 Å². The molecule has 0 aromatic carbocycles. The van der Waals surface area contributed by atoms with Crippen molar-refractivity contribution in [2.24, 2.45) is 0 Å². The smallest absolute Gasteiger partial charge is 0.221 e. The molecule has 0 amide bonds. The first kappa shape index (κ1) is 9.75. The lowest BCUT2D eigenvalue weighted by Gasteiger charge is -2.19. The van der Waals surface area contributed by atoms with Crippen molar-refractivity contribution in [2.45, 2.75) is 23.8 Å². The summed E-state index contributed by atoms with van der Waals surface area (Å²) in [5, 5.41) is -0.209. The van der Waals surface area contributed by atoms with Gasteiger partial charge in [0.15, 0.2) is 0 Å². The first-order chi connectivity index (χ1) is 5.12. The summed E-state index contributed by atoms with van der Waals surface area (Å²) in [4.78, 5) is 10.5. The number of thioether (sulfide) groups is 2. The average molecular weight is 211 g/mol. The van der Waals surface area contributed by atoms with Gasteiger partial charge < -0.3 is 0 Å². The molecule has 0 N–H and O–H groups in total. The Hall–Kier alpha value is 0.660. The second kappa shape index (κ2) is 4.06. The molecule has 0 aromatic rings. The van der Waals surface area contributed by atoms with Gasteiger partial charge in [0, 0.05) is 17.9 Å². The van der Waals surface area contributed by atoms with Crippen molar-refractivity contribution >= 4 is 40.4 Å². The fourth-order valence-corrected chi connectivity index (χ4v) is 3.98. The van der Waals surface area contributed by atoms with Gasteiger partial charge in [0.05, 0.1) is 4.08 Å². The second-order valence-electron chi connectivity index (χ2n) is 2.69. The van der Waals surface area contributed by atoms with Crippen LogP contribution in [0.2, 0.25) is 0 Å². The molecule has 0 aliphatic carbocycles. The van der Waals surface area contributed by atoms with Gasteiger partial charge in [-0.25, -0.2) is 0 Å². The van der Waals surface area contributed by atoms with Gasteiger partial charge in [-0.15, -0.1) is 23.5 Å². The Balaban J connectivity index is 2.28. The van der Waals surface area contributed by atoms with Crippen LogP contribution in [0.15, 0.2) is 0 Å². The van der Waals surface area contributed by atoms with E-state index in [4.69, 9.17) is 11.6 Å². The molecule has 4 heteroatoms. The largest absolute Gasteiger partial charge is 0.281 e. The average Bonchev–Trinajstić information content (AvgIpc) is 2.33. The third-order valence-electron chi connectivity index (χ3n) is 1.67. The molecule has 1 aliphatic heterocycles. The standard InChI is InChI=1S/C7H11ClOS2/c1-7(3-2-6(8)9)10-4-5-11-7/h2-5H2,1H3. The first-order valence-corrected chi connectivity index (χ1v) is 5.93. The van der Waals surface area contributed by atoms with E-state index in [-0.39, 0.29) is 9.32 Å². The van der Waals surface area contributed by atoms with E-state index in [0.29, 0.717) is 6.42 Å². The minimum atomic E-state index is -0.209. The van der Waals surface area contributed by atoms with E-state index >= 15 is 0 Å². The van der Waals surface area contributed by atoms with Gasteiger partial charge in [-0.3, -0.25) is 4.79 Å². The van der Waals surface area contributed by atoms with Crippen molar-refractivity contribution in [3.05, 3.63) is 0 Å². The molecule has 0 saturated carbocycles. The molecule has 11 heavy (non-hydrogen) atoms. The van der Waals surface area contributed by atoms with Crippen molar-refractivity contribution in [3.63, 3.8) is 0 Å². The Bertz CT molecular complexity index is 155. The topological polar surface area (TPSA) is 17.1 Å². The summed E-state index contributed by atoms with van der Waals surface area (Å²) in [5.41, 5.74) is 0. The Morgan fingerprint density at radius 1 is 1.55 bits per heavy atom. The SMILES string of the molecule is CC1(CCC(=O)Cl)SCCS1. The summed E-state index contributed by atoms with van der Waals surface area (Å²) < 4.78 is 0.255. The zero-order valence-corrected chi connectivity index (χ0v) is 8.82. The van der Waals surface area contributed by atoms with Gasteiger partial charge in [-0.2, -0.15) is 0 Å². The van der Waals surface area contributed by atoms with Crippen molar-refractivity contribution in [1.82, 2.24) is 0 Å². The van der Waals surface area contributed by atoms with Crippen LogP contribution in [0.4, 0.5) is 0 Å². The van der Waals surface area contributed by atoms with Crippen LogP contribution in [0.5, 0.6) is 0 Å². The maximum absolute atomic E-state index is 10.5. The van der Waals surface area contributed by atoms with Crippen LogP contribution in [0, 0.1) is 0 Å². The fraction of sp³-hybridized carbons (Fsp3) is 0.857. The monoisotopic (exact) mass is 210 g/mol. The minimum absolute atomic E-state index is 0.209. The van der Waals surface area contributed by atoms with E-state index in [0.717, 1.165) is 6.42 Å². The lowest BCUT2D eigenvalue weighted by Crippen LogP contribution is -2.11. The van der Waals surface area contributed by atoms with Crippen LogP contribution < -0.4 is 0 Å². The summed E-state index contributed by atoms with van der Waals surface area (Å²) in [6.45, 7) is 2.19. The van der Waals surface area contributed by atoms with Crippen LogP contribution in [-0.4, -0.2) is 20.8 Å². The molecule has 1 nitrogen and oxygen atoms in total. The maximum Gasteiger partial charge on any atom is 0.221 e. The third kappa shape index (κ3) is 3.26. The van der Waals surface area contributed by atoms with E-state index in [1.807, 2.05) is 23.5 Å². The lowest BCUT2D eigenvalue weighted by molar-refractivity contribution is -0.111. The summed E-state index contributed by atoms with van der Waals surface area (Å²) in [6.07, 6.45) is 1.42. The van der Waals surface area contributed by atoms with Gasteiger partial charge in [0.25, 0.3) is 0 Å². The Morgan fingerprint density at radius 3 is 2.55 bits per heavy atom. The third-order valence-corrected chi connectivity index (χ3v) is 5.27. The molecule has 0 aromatic heterocycles. The first-order valence-electron chi connectivity index (χ1n) is 3.59. The van der Waals surface area contributed by atoms with Crippen LogP contribution in [-0.2, 0) is 4.79 Å². The van der Waals surface area contributed by atoms with Crippen LogP contribution in [0.3, 0.4) is 0 Å². The predicted octanol–water partition coefficient (Wildman–Crippen LogP) is 2.73. The molecule has 1 aliphatic rings. The zero-order valence-electron chi connectivity index (χ0n) is 6.43. The summed E-state index contributed by atoms with van der Waals surface area (Å²) in [5.74, 6) is 2.41. The molecule has 0 radical (unpaired) electrons. The second-order valence-corrected chi connectivity index (χ2v) is 6.56. The van der Waals surface area contributed by atoms with E-state index in [1.54, 1.807) is 0 Å². The van der Waals surface area contributed by atoms with E-state index in [2.05, 4.69) is 6.92 Å². The van der Waals surface area contributed by atoms with Crippen molar-refractivity contribution in [3.8, 4) is 0 Å². The maximum atomic E-state index is 10.5. The molecule has 1 rings (SSSR count). The molecule has 1 heterocycles. The number of hydrogen-bond acceptors (Lipinski definition) is 3. The Morgan fingerprint density at radius 2 is 2.09 bits per heavy atom. The van der Waals surface area contributed by atoms with Crippen molar-refractivity contribution in [1.29, 1.82) is 0 Å². The molecule has 64 valence electrons. The summed E-state index contributed by atoms with van der Waals surface area (Å²) in [6, 6.07) is 0. The number of rotatable bonds is 3. The van der Waals surface area contributed by atoms with Gasteiger partial charge in [0.1, 0.15) is 0 Å². The molecule has 1 fully saturated rings. The van der Waals surface area contributed by atoms with Gasteiger partial charge in [-0.05, 0) is 24.9 Å². The summed E-state index contributed by atoms with van der Waals surface area (Å²) in [7, 11) is 0. The van der Waals surface area contributed by atoms with Gasteiger partial charge in [-0.1, -0.05) is 0 Å². The van der Waals surface area contributed by atoms with Gasteiger partial charge >= 0.3 is 0 Å². The molecule has 0 bridgehead atoms. The number of carbonyl (C=O) groups is 1. The van der Waals surface area contributed by atoms with Gasteiger partial charge in [0.2, 0.25) is 5.24 Å². The lowest BCUT2D eigenvalue weighted by atomic mass is 10.2.